The van der Waals surface area contributed by atoms with E-state index in [0.29, 0.717) is 19.6 Å². The van der Waals surface area contributed by atoms with Crippen molar-refractivity contribution in [1.29, 1.82) is 0 Å². The van der Waals surface area contributed by atoms with Crippen molar-refractivity contribution in [3.05, 3.63) is 89.0 Å². The number of nitrogens with zero attached hydrogens (tertiary/aromatic N) is 3. The van der Waals surface area contributed by atoms with E-state index in [9.17, 15) is 5.11 Å². The lowest BCUT2D eigenvalue weighted by Crippen LogP contribution is -2.35. The van der Waals surface area contributed by atoms with Gasteiger partial charge in [-0.3, -0.25) is 14.9 Å². The maximum Gasteiger partial charge on any atom is 0.119 e. The summed E-state index contributed by atoms with van der Waals surface area (Å²) >= 11 is 0. The van der Waals surface area contributed by atoms with E-state index in [1.54, 1.807) is 12.4 Å². The smallest absolute Gasteiger partial charge is 0.119 e. The fourth-order valence-electron chi connectivity index (χ4n) is 3.21. The third-order valence-corrected chi connectivity index (χ3v) is 4.95. The van der Waals surface area contributed by atoms with E-state index in [1.165, 1.54) is 5.56 Å². The van der Waals surface area contributed by atoms with Gasteiger partial charge in [-0.05, 0) is 56.2 Å². The topological polar surface area (TPSA) is 58.5 Å². The van der Waals surface area contributed by atoms with E-state index in [1.807, 2.05) is 57.2 Å². The fourth-order valence-corrected chi connectivity index (χ4v) is 3.21. The molecule has 152 valence electrons. The van der Waals surface area contributed by atoms with Gasteiger partial charge in [0.05, 0.1) is 0 Å². The monoisotopic (exact) mass is 391 g/mol. The van der Waals surface area contributed by atoms with Crippen LogP contribution in [-0.4, -0.2) is 39.2 Å². The first-order valence-corrected chi connectivity index (χ1v) is 9.92. The van der Waals surface area contributed by atoms with Crippen LogP contribution >= 0.6 is 0 Å². The normalized spacial score (nSPS) is 12.2. The number of hydrogen-bond acceptors (Lipinski definition) is 5. The Morgan fingerprint density at radius 1 is 0.862 bits per heavy atom. The summed E-state index contributed by atoms with van der Waals surface area (Å²) in [5.74, 6) is 0.771. The molecule has 3 rings (SSSR count). The SMILES string of the molecule is Cc1ccc(OCC(O)CN(Cc2cccnc2C)Cc2cccnc2C)cc1. The molecule has 5 nitrogen and oxygen atoms in total. The summed E-state index contributed by atoms with van der Waals surface area (Å²) in [6.45, 7) is 8.22. The van der Waals surface area contributed by atoms with Gasteiger partial charge >= 0.3 is 0 Å². The molecule has 0 fully saturated rings. The molecule has 0 saturated carbocycles. The largest absolute Gasteiger partial charge is 0.491 e. The predicted molar refractivity (Wildman–Crippen MR) is 115 cm³/mol. The van der Waals surface area contributed by atoms with Crippen LogP contribution in [0.5, 0.6) is 5.75 Å². The van der Waals surface area contributed by atoms with Crippen molar-refractivity contribution in [3.8, 4) is 5.75 Å². The van der Waals surface area contributed by atoms with Crippen LogP contribution in [0.15, 0.2) is 60.9 Å². The zero-order chi connectivity index (χ0) is 20.6. The van der Waals surface area contributed by atoms with Crippen LogP contribution in [0.3, 0.4) is 0 Å². The van der Waals surface area contributed by atoms with Gasteiger partial charge in [0.1, 0.15) is 18.5 Å². The molecule has 0 aliphatic rings. The van der Waals surface area contributed by atoms with E-state index in [0.717, 1.165) is 28.3 Å². The fraction of sp³-hybridized carbons (Fsp3) is 0.333. The van der Waals surface area contributed by atoms with Crippen LogP contribution in [0.25, 0.3) is 0 Å². The van der Waals surface area contributed by atoms with Crippen molar-refractivity contribution < 1.29 is 9.84 Å². The van der Waals surface area contributed by atoms with Gasteiger partial charge in [-0.1, -0.05) is 29.8 Å². The molecule has 2 heterocycles. The molecule has 0 aliphatic heterocycles. The second kappa shape index (κ2) is 10.1. The Bertz CT molecular complexity index is 865. The zero-order valence-corrected chi connectivity index (χ0v) is 17.4. The van der Waals surface area contributed by atoms with E-state index in [2.05, 4.69) is 27.0 Å². The highest BCUT2D eigenvalue weighted by Crippen LogP contribution is 2.15. The van der Waals surface area contributed by atoms with Gasteiger partial charge in [0, 0.05) is 43.4 Å². The zero-order valence-electron chi connectivity index (χ0n) is 17.4. The quantitative estimate of drug-likeness (QED) is 0.600. The van der Waals surface area contributed by atoms with Crippen molar-refractivity contribution in [1.82, 2.24) is 14.9 Å². The van der Waals surface area contributed by atoms with Gasteiger partial charge in [-0.25, -0.2) is 0 Å². The molecule has 3 aromatic rings. The Hall–Kier alpha value is -2.76. The number of pyridine rings is 2. The second-order valence-electron chi connectivity index (χ2n) is 7.44. The molecular weight excluding hydrogens is 362 g/mol. The van der Waals surface area contributed by atoms with Crippen LogP contribution in [0.2, 0.25) is 0 Å². The third kappa shape index (κ3) is 6.38. The number of rotatable bonds is 9. The van der Waals surface area contributed by atoms with Gasteiger partial charge in [-0.15, -0.1) is 0 Å². The Morgan fingerprint density at radius 3 is 1.93 bits per heavy atom. The minimum absolute atomic E-state index is 0.248. The number of aryl methyl sites for hydroxylation is 3. The average Bonchev–Trinajstić information content (AvgIpc) is 2.71. The standard InChI is InChI=1S/C24H29N3O2/c1-18-8-10-24(11-9-18)29-17-23(28)16-27(14-21-6-4-12-25-19(21)2)15-22-7-5-13-26-20(22)3/h4-13,23,28H,14-17H2,1-3H3. The van der Waals surface area contributed by atoms with Crippen molar-refractivity contribution >= 4 is 0 Å². The van der Waals surface area contributed by atoms with Crippen LogP contribution in [-0.2, 0) is 13.1 Å². The maximum absolute atomic E-state index is 10.6. The molecule has 1 N–H and O–H groups in total. The molecule has 0 saturated heterocycles. The van der Waals surface area contributed by atoms with Crippen LogP contribution in [0.1, 0.15) is 28.1 Å². The summed E-state index contributed by atoms with van der Waals surface area (Å²) in [5.41, 5.74) is 5.50. The van der Waals surface area contributed by atoms with Gasteiger partial charge in [0.2, 0.25) is 0 Å². The molecule has 1 atom stereocenters. The van der Waals surface area contributed by atoms with Crippen molar-refractivity contribution in [3.63, 3.8) is 0 Å². The van der Waals surface area contributed by atoms with E-state index >= 15 is 0 Å². The summed E-state index contributed by atoms with van der Waals surface area (Å²) in [6, 6.07) is 15.9. The Morgan fingerprint density at radius 2 is 1.41 bits per heavy atom. The summed E-state index contributed by atoms with van der Waals surface area (Å²) in [5, 5.41) is 10.6. The number of benzene rings is 1. The van der Waals surface area contributed by atoms with Crippen molar-refractivity contribution in [2.75, 3.05) is 13.2 Å². The highest BCUT2D eigenvalue weighted by Gasteiger charge is 2.16. The van der Waals surface area contributed by atoms with E-state index in [-0.39, 0.29) is 6.61 Å². The molecule has 1 unspecified atom stereocenters. The summed E-state index contributed by atoms with van der Waals surface area (Å²) < 4.78 is 5.77. The number of aliphatic hydroxyl groups excluding tert-OH is 1. The minimum Gasteiger partial charge on any atom is -0.491 e. The van der Waals surface area contributed by atoms with Crippen LogP contribution in [0, 0.1) is 20.8 Å². The molecule has 0 aliphatic carbocycles. The predicted octanol–water partition coefficient (Wildman–Crippen LogP) is 3.84. The Labute approximate surface area is 173 Å². The van der Waals surface area contributed by atoms with E-state index in [4.69, 9.17) is 4.74 Å². The summed E-state index contributed by atoms with van der Waals surface area (Å²) in [7, 11) is 0. The molecular formula is C24H29N3O2. The molecule has 0 bridgehead atoms. The highest BCUT2D eigenvalue weighted by atomic mass is 16.5. The first-order chi connectivity index (χ1) is 14.0. The highest BCUT2D eigenvalue weighted by molar-refractivity contribution is 5.26. The van der Waals surface area contributed by atoms with Gasteiger partial charge in [0.25, 0.3) is 0 Å². The molecule has 1 aromatic carbocycles. The van der Waals surface area contributed by atoms with Gasteiger partial charge < -0.3 is 9.84 Å². The minimum atomic E-state index is -0.606. The van der Waals surface area contributed by atoms with Crippen LogP contribution < -0.4 is 4.74 Å². The van der Waals surface area contributed by atoms with Gasteiger partial charge in [-0.2, -0.15) is 0 Å². The lowest BCUT2D eigenvalue weighted by molar-refractivity contribution is 0.0626. The lowest BCUT2D eigenvalue weighted by atomic mass is 10.1. The van der Waals surface area contributed by atoms with Crippen molar-refractivity contribution in [2.45, 2.75) is 40.0 Å². The number of aliphatic hydroxyl groups is 1. The summed E-state index contributed by atoms with van der Waals surface area (Å²) in [4.78, 5) is 11.0. The van der Waals surface area contributed by atoms with Crippen molar-refractivity contribution in [2.24, 2.45) is 0 Å². The molecule has 0 radical (unpaired) electrons. The third-order valence-electron chi connectivity index (χ3n) is 4.95. The first kappa shape index (κ1) is 21.0. The maximum atomic E-state index is 10.6. The number of hydrogen-bond donors (Lipinski definition) is 1. The molecule has 0 amide bonds. The van der Waals surface area contributed by atoms with Gasteiger partial charge in [0.15, 0.2) is 0 Å². The lowest BCUT2D eigenvalue weighted by Gasteiger charge is -2.26. The first-order valence-electron chi connectivity index (χ1n) is 9.92. The van der Waals surface area contributed by atoms with Crippen LogP contribution in [0.4, 0.5) is 0 Å². The Kier molecular flexibility index (Phi) is 7.33. The molecule has 0 spiro atoms. The molecule has 2 aromatic heterocycles. The molecule has 29 heavy (non-hydrogen) atoms. The molecule has 5 heteroatoms. The second-order valence-corrected chi connectivity index (χ2v) is 7.44. The number of aromatic nitrogens is 2. The van der Waals surface area contributed by atoms with E-state index < -0.39 is 6.10 Å². The number of ether oxygens (including phenoxy) is 1. The Balaban J connectivity index is 1.67. The average molecular weight is 392 g/mol. The summed E-state index contributed by atoms with van der Waals surface area (Å²) in [6.07, 6.45) is 3.00.